The molecule has 0 atom stereocenters. The van der Waals surface area contributed by atoms with E-state index in [1.807, 2.05) is 47.6 Å². The van der Waals surface area contributed by atoms with E-state index in [0.717, 1.165) is 5.69 Å². The molecule has 138 valence electrons. The summed E-state index contributed by atoms with van der Waals surface area (Å²) in [7, 11) is 0. The molecule has 2 aromatic heterocycles. The maximum Gasteiger partial charge on any atom is 0.325 e. The predicted molar refractivity (Wildman–Crippen MR) is 97.1 cm³/mol. The highest BCUT2D eigenvalue weighted by Gasteiger charge is 2.14. The number of fused-ring (bicyclic) bond motifs is 1. The Morgan fingerprint density at radius 2 is 1.79 bits per heavy atom. The number of hydrogen-bond donors (Lipinski definition) is 1. The summed E-state index contributed by atoms with van der Waals surface area (Å²) in [4.78, 5) is 11.4. The van der Waals surface area contributed by atoms with Crippen molar-refractivity contribution in [1.29, 1.82) is 0 Å². The molecule has 3 heterocycles. The molecule has 4 aromatic rings. The number of aromatic nitrogens is 4. The molecule has 1 aliphatic rings. The Morgan fingerprint density at radius 3 is 2.64 bits per heavy atom. The predicted octanol–water partition coefficient (Wildman–Crippen LogP) is 3.39. The van der Waals surface area contributed by atoms with Crippen molar-refractivity contribution in [2.45, 2.75) is 0 Å². The van der Waals surface area contributed by atoms with Crippen molar-refractivity contribution in [2.24, 2.45) is 0 Å². The fraction of sp³-hybridized carbons (Fsp3) is 0.0500. The first-order valence-corrected chi connectivity index (χ1v) is 8.56. The van der Waals surface area contributed by atoms with E-state index in [1.165, 1.54) is 0 Å². The van der Waals surface area contributed by atoms with Gasteiger partial charge in [-0.05, 0) is 36.4 Å². The molecule has 1 N–H and O–H groups in total. The van der Waals surface area contributed by atoms with Gasteiger partial charge in [-0.25, -0.2) is 14.5 Å². The molecular formula is C20H15N4O4+. The zero-order valence-corrected chi connectivity index (χ0v) is 14.6. The third-order valence-electron chi connectivity index (χ3n) is 4.06. The zero-order valence-electron chi connectivity index (χ0n) is 14.6. The summed E-state index contributed by atoms with van der Waals surface area (Å²) in [6.45, 7) is 0.214. The van der Waals surface area contributed by atoms with Crippen LogP contribution in [0.4, 0.5) is 0 Å². The van der Waals surface area contributed by atoms with Gasteiger partial charge in [-0.15, -0.1) is 0 Å². The Labute approximate surface area is 159 Å². The van der Waals surface area contributed by atoms with Crippen LogP contribution in [0, 0.1) is 0 Å². The third-order valence-corrected chi connectivity index (χ3v) is 4.06. The lowest BCUT2D eigenvalue weighted by Gasteiger charge is -2.08. The number of imidazole rings is 1. The average molecular weight is 375 g/mol. The van der Waals surface area contributed by atoms with E-state index in [9.17, 15) is 0 Å². The van der Waals surface area contributed by atoms with Gasteiger partial charge in [-0.3, -0.25) is 0 Å². The Bertz CT molecular complexity index is 1100. The lowest BCUT2D eigenvalue weighted by atomic mass is 10.3. The van der Waals surface area contributed by atoms with Crippen LogP contribution in [-0.4, -0.2) is 21.7 Å². The number of nitrogens with zero attached hydrogens (tertiary/aromatic N) is 3. The highest BCUT2D eigenvalue weighted by atomic mass is 16.7. The van der Waals surface area contributed by atoms with Gasteiger partial charge in [-0.1, -0.05) is 0 Å². The Hall–Kier alpha value is -4.07. The minimum atomic E-state index is 0.195. The minimum Gasteiger partial charge on any atom is -0.454 e. The summed E-state index contributed by atoms with van der Waals surface area (Å²) in [5, 5.41) is 0. The van der Waals surface area contributed by atoms with Crippen molar-refractivity contribution in [3.8, 4) is 40.6 Å². The molecule has 0 saturated carbocycles. The molecule has 28 heavy (non-hydrogen) atoms. The van der Waals surface area contributed by atoms with Crippen LogP contribution in [0.25, 0.3) is 5.69 Å². The monoisotopic (exact) mass is 375 g/mol. The second-order valence-corrected chi connectivity index (χ2v) is 5.91. The summed E-state index contributed by atoms with van der Waals surface area (Å²) in [6.07, 6.45) is 7.21. The summed E-state index contributed by atoms with van der Waals surface area (Å²) >= 11 is 0. The van der Waals surface area contributed by atoms with Gasteiger partial charge in [-0.2, -0.15) is 4.98 Å². The highest BCUT2D eigenvalue weighted by molar-refractivity contribution is 5.47. The first kappa shape index (κ1) is 16.1. The van der Waals surface area contributed by atoms with Crippen LogP contribution in [0.3, 0.4) is 0 Å². The maximum atomic E-state index is 5.78. The van der Waals surface area contributed by atoms with Gasteiger partial charge in [0.2, 0.25) is 19.0 Å². The van der Waals surface area contributed by atoms with Crippen molar-refractivity contribution in [2.75, 3.05) is 6.79 Å². The first-order chi connectivity index (χ1) is 13.8. The lowest BCUT2D eigenvalue weighted by Crippen LogP contribution is -2.26. The Morgan fingerprint density at radius 1 is 0.929 bits per heavy atom. The van der Waals surface area contributed by atoms with E-state index in [-0.39, 0.29) is 12.8 Å². The molecular weight excluding hydrogens is 360 g/mol. The normalized spacial score (nSPS) is 12.0. The topological polar surface area (TPSA) is 82.4 Å². The molecule has 0 aliphatic carbocycles. The van der Waals surface area contributed by atoms with E-state index in [1.54, 1.807) is 30.5 Å². The average Bonchev–Trinajstić information content (AvgIpc) is 3.41. The van der Waals surface area contributed by atoms with Crippen LogP contribution < -0.4 is 23.5 Å². The summed E-state index contributed by atoms with van der Waals surface area (Å²) in [5.41, 5.74) is 1.01. The van der Waals surface area contributed by atoms with Gasteiger partial charge in [0.15, 0.2) is 11.5 Å². The van der Waals surface area contributed by atoms with E-state index >= 15 is 0 Å². The summed E-state index contributed by atoms with van der Waals surface area (Å²) < 4.78 is 24.1. The first-order valence-electron chi connectivity index (χ1n) is 8.56. The molecule has 8 nitrogen and oxygen atoms in total. The number of rotatable bonds is 5. The lowest BCUT2D eigenvalue weighted by molar-refractivity contribution is -0.594. The van der Waals surface area contributed by atoms with Gasteiger partial charge < -0.3 is 18.9 Å². The fourth-order valence-corrected chi connectivity index (χ4v) is 2.73. The molecule has 2 aromatic carbocycles. The van der Waals surface area contributed by atoms with Crippen molar-refractivity contribution in [1.82, 2.24) is 15.0 Å². The second-order valence-electron chi connectivity index (χ2n) is 5.91. The van der Waals surface area contributed by atoms with Crippen LogP contribution in [0.1, 0.15) is 0 Å². The van der Waals surface area contributed by atoms with Crippen molar-refractivity contribution in [3.63, 3.8) is 0 Å². The number of hydrogen-bond acceptors (Lipinski definition) is 6. The van der Waals surface area contributed by atoms with Gasteiger partial charge in [0.05, 0.1) is 0 Å². The number of ether oxygens (including phenoxy) is 4. The Kier molecular flexibility index (Phi) is 3.98. The molecule has 8 heteroatoms. The minimum absolute atomic E-state index is 0.195. The summed E-state index contributed by atoms with van der Waals surface area (Å²) in [5.74, 6) is 2.91. The van der Waals surface area contributed by atoms with Crippen LogP contribution >= 0.6 is 0 Å². The van der Waals surface area contributed by atoms with E-state index in [0.29, 0.717) is 28.9 Å². The standard InChI is InChI=1S/C20H14N4O4/c1-3-15(4-2-14(1)24-10-9-21-12-24)28-20-22-8-7-19(23-20)27-16-5-6-17-18(11-16)26-13-25-17/h1-12H,13H2/p+1. The number of H-pyrrole nitrogens is 1. The van der Waals surface area contributed by atoms with Crippen molar-refractivity contribution >= 4 is 0 Å². The molecule has 5 rings (SSSR count). The van der Waals surface area contributed by atoms with Crippen LogP contribution in [-0.2, 0) is 0 Å². The van der Waals surface area contributed by atoms with Crippen LogP contribution in [0.2, 0.25) is 0 Å². The van der Waals surface area contributed by atoms with E-state index < -0.39 is 0 Å². The Balaban J connectivity index is 1.30. The molecule has 1 aliphatic heterocycles. The number of benzene rings is 2. The van der Waals surface area contributed by atoms with E-state index in [4.69, 9.17) is 18.9 Å². The molecule has 0 bridgehead atoms. The summed E-state index contributed by atoms with van der Waals surface area (Å²) in [6, 6.07) is 14.8. The fourth-order valence-electron chi connectivity index (χ4n) is 2.73. The van der Waals surface area contributed by atoms with Crippen LogP contribution in [0.5, 0.6) is 34.9 Å². The molecule has 0 radical (unpaired) electrons. The van der Waals surface area contributed by atoms with Gasteiger partial charge in [0.25, 0.3) is 0 Å². The van der Waals surface area contributed by atoms with Crippen molar-refractivity contribution in [3.05, 3.63) is 73.4 Å². The third kappa shape index (κ3) is 3.30. The number of aromatic amines is 1. The molecule has 0 fully saturated rings. The zero-order chi connectivity index (χ0) is 18.8. The van der Waals surface area contributed by atoms with Gasteiger partial charge in [0.1, 0.15) is 29.6 Å². The van der Waals surface area contributed by atoms with Gasteiger partial charge in [0, 0.05) is 18.3 Å². The second kappa shape index (κ2) is 6.92. The molecule has 0 spiro atoms. The van der Waals surface area contributed by atoms with E-state index in [2.05, 4.69) is 15.0 Å². The van der Waals surface area contributed by atoms with Crippen LogP contribution in [0.15, 0.2) is 73.4 Å². The highest BCUT2D eigenvalue weighted by Crippen LogP contribution is 2.36. The number of nitrogens with one attached hydrogen (secondary N) is 1. The quantitative estimate of drug-likeness (QED) is 0.539. The SMILES string of the molecule is c1cc(Oc2ccc3c(c2)OCO3)nc(Oc2ccc(-[n+]3cc[nH]c3)cc2)n1. The largest absolute Gasteiger partial charge is 0.454 e. The molecule has 0 unspecified atom stereocenters. The maximum absolute atomic E-state index is 5.78. The smallest absolute Gasteiger partial charge is 0.325 e. The van der Waals surface area contributed by atoms with Gasteiger partial charge >= 0.3 is 6.01 Å². The molecule has 0 amide bonds. The molecule has 0 saturated heterocycles. The van der Waals surface area contributed by atoms with Crippen molar-refractivity contribution < 1.29 is 23.5 Å².